The van der Waals surface area contributed by atoms with Crippen LogP contribution in [0.5, 0.6) is 0 Å². The molecule has 0 radical (unpaired) electrons. The molecular formula is C17H27BrO3. The Labute approximate surface area is 135 Å². The summed E-state index contributed by atoms with van der Waals surface area (Å²) in [4.78, 5) is 13.0. The van der Waals surface area contributed by atoms with E-state index < -0.39 is 5.60 Å². The van der Waals surface area contributed by atoms with Crippen molar-refractivity contribution < 1.29 is 14.6 Å². The van der Waals surface area contributed by atoms with E-state index in [-0.39, 0.29) is 18.5 Å². The highest BCUT2D eigenvalue weighted by Crippen LogP contribution is 2.45. The summed E-state index contributed by atoms with van der Waals surface area (Å²) in [5.41, 5.74) is -0.751. The molecule has 4 heteroatoms. The highest BCUT2D eigenvalue weighted by Gasteiger charge is 2.39. The molecule has 2 atom stereocenters. The molecule has 0 heterocycles. The third-order valence-corrected chi connectivity index (χ3v) is 6.43. The van der Waals surface area contributed by atoms with Gasteiger partial charge in [-0.1, -0.05) is 35.2 Å². The maximum absolute atomic E-state index is 12.4. The van der Waals surface area contributed by atoms with Gasteiger partial charge in [-0.2, -0.15) is 0 Å². The van der Waals surface area contributed by atoms with Crippen LogP contribution in [0, 0.1) is 17.8 Å². The minimum absolute atomic E-state index is 0.0586. The molecule has 0 amide bonds. The molecule has 0 aromatic carbocycles. The van der Waals surface area contributed by atoms with Gasteiger partial charge in [0.1, 0.15) is 6.61 Å². The van der Waals surface area contributed by atoms with Crippen molar-refractivity contribution in [3.63, 3.8) is 0 Å². The van der Waals surface area contributed by atoms with E-state index in [4.69, 9.17) is 4.74 Å². The Kier molecular flexibility index (Phi) is 4.94. The Balaban J connectivity index is 1.49. The van der Waals surface area contributed by atoms with Gasteiger partial charge in [0, 0.05) is 4.83 Å². The summed E-state index contributed by atoms with van der Waals surface area (Å²) in [6.45, 7) is 0.207. The smallest absolute Gasteiger partial charge is 0.309 e. The van der Waals surface area contributed by atoms with Crippen LogP contribution in [0.2, 0.25) is 0 Å². The molecule has 120 valence electrons. The highest BCUT2D eigenvalue weighted by molar-refractivity contribution is 9.09. The first-order valence-corrected chi connectivity index (χ1v) is 9.49. The average Bonchev–Trinajstić information content (AvgIpc) is 2.44. The van der Waals surface area contributed by atoms with Crippen molar-refractivity contribution in [1.29, 1.82) is 0 Å². The minimum Gasteiger partial charge on any atom is -0.462 e. The molecule has 3 rings (SSSR count). The fraction of sp³-hybridized carbons (Fsp3) is 0.941. The Morgan fingerprint density at radius 1 is 1.05 bits per heavy atom. The first-order valence-electron chi connectivity index (χ1n) is 8.57. The van der Waals surface area contributed by atoms with Crippen LogP contribution >= 0.6 is 15.9 Å². The number of fused-ring (bicyclic) bond motifs is 2. The van der Waals surface area contributed by atoms with Crippen LogP contribution in [-0.4, -0.2) is 28.1 Å². The van der Waals surface area contributed by atoms with E-state index in [2.05, 4.69) is 15.9 Å². The second-order valence-electron chi connectivity index (χ2n) is 7.60. The van der Waals surface area contributed by atoms with E-state index >= 15 is 0 Å². The summed E-state index contributed by atoms with van der Waals surface area (Å²) < 4.78 is 5.52. The normalized spacial score (nSPS) is 38.8. The lowest BCUT2D eigenvalue weighted by Gasteiger charge is -2.40. The van der Waals surface area contributed by atoms with Gasteiger partial charge in [-0.3, -0.25) is 4.79 Å². The number of rotatable bonds is 3. The topological polar surface area (TPSA) is 46.5 Å². The van der Waals surface area contributed by atoms with E-state index in [9.17, 15) is 9.90 Å². The summed E-state index contributed by atoms with van der Waals surface area (Å²) in [5.74, 6) is 1.37. The third-order valence-electron chi connectivity index (χ3n) is 5.68. The lowest BCUT2D eigenvalue weighted by Crippen LogP contribution is -2.40. The number of ether oxygens (including phenoxy) is 1. The Hall–Kier alpha value is -0.0900. The summed E-state index contributed by atoms with van der Waals surface area (Å²) in [5, 5.41) is 10.4. The van der Waals surface area contributed by atoms with Crippen molar-refractivity contribution in [2.45, 2.75) is 74.6 Å². The predicted molar refractivity (Wildman–Crippen MR) is 85.3 cm³/mol. The first-order chi connectivity index (χ1) is 10.0. The SMILES string of the molecule is O=C(OCC1(O)CCCCC1)C1CC2CC(Br)CC(C2)C1. The Morgan fingerprint density at radius 2 is 1.67 bits per heavy atom. The standard InChI is InChI=1S/C17H27BrO3/c18-15-9-12-6-13(10-15)8-14(7-12)16(19)21-11-17(20)4-2-1-3-5-17/h12-15,20H,1-11H2. The van der Waals surface area contributed by atoms with Crippen molar-refractivity contribution >= 4 is 21.9 Å². The molecule has 0 saturated heterocycles. The monoisotopic (exact) mass is 358 g/mol. The van der Waals surface area contributed by atoms with Crippen molar-refractivity contribution in [2.75, 3.05) is 6.61 Å². The Morgan fingerprint density at radius 3 is 2.29 bits per heavy atom. The van der Waals surface area contributed by atoms with E-state index in [1.807, 2.05) is 0 Å². The van der Waals surface area contributed by atoms with Crippen LogP contribution in [0.25, 0.3) is 0 Å². The zero-order chi connectivity index (χ0) is 14.9. The minimum atomic E-state index is -0.751. The van der Waals surface area contributed by atoms with Crippen molar-refractivity contribution in [2.24, 2.45) is 17.8 Å². The summed E-state index contributed by atoms with van der Waals surface area (Å²) in [6, 6.07) is 0. The molecule has 3 aliphatic rings. The van der Waals surface area contributed by atoms with Gasteiger partial charge in [0.15, 0.2) is 0 Å². The number of hydrogen-bond donors (Lipinski definition) is 1. The summed E-state index contributed by atoms with van der Waals surface area (Å²) >= 11 is 3.74. The van der Waals surface area contributed by atoms with Crippen LogP contribution in [0.3, 0.4) is 0 Å². The number of carbonyl (C=O) groups excluding carboxylic acids is 1. The fourth-order valence-corrected chi connectivity index (χ4v) is 5.70. The molecule has 0 aliphatic heterocycles. The van der Waals surface area contributed by atoms with Gasteiger partial charge < -0.3 is 9.84 Å². The third kappa shape index (κ3) is 4.01. The lowest BCUT2D eigenvalue weighted by atomic mass is 9.68. The van der Waals surface area contributed by atoms with Crippen LogP contribution in [0.4, 0.5) is 0 Å². The lowest BCUT2D eigenvalue weighted by molar-refractivity contribution is -0.161. The molecule has 2 bridgehead atoms. The van der Waals surface area contributed by atoms with Crippen LogP contribution in [0.15, 0.2) is 0 Å². The molecule has 3 aliphatic carbocycles. The second-order valence-corrected chi connectivity index (χ2v) is 8.89. The molecule has 0 aromatic heterocycles. The van der Waals surface area contributed by atoms with Gasteiger partial charge in [0.2, 0.25) is 0 Å². The zero-order valence-corrected chi connectivity index (χ0v) is 14.3. The maximum atomic E-state index is 12.4. The van der Waals surface area contributed by atoms with Gasteiger partial charge in [0.25, 0.3) is 0 Å². The number of aliphatic hydroxyl groups is 1. The van der Waals surface area contributed by atoms with Gasteiger partial charge >= 0.3 is 5.97 Å². The Bertz CT molecular complexity index is 360. The maximum Gasteiger partial charge on any atom is 0.309 e. The molecule has 1 N–H and O–H groups in total. The van der Waals surface area contributed by atoms with Crippen molar-refractivity contribution in [3.8, 4) is 0 Å². The average molecular weight is 359 g/mol. The number of esters is 1. The molecule has 0 aromatic rings. The molecule has 3 fully saturated rings. The van der Waals surface area contributed by atoms with Gasteiger partial charge in [-0.05, 0) is 56.8 Å². The molecule has 2 unspecified atom stereocenters. The molecular weight excluding hydrogens is 332 g/mol. The highest BCUT2D eigenvalue weighted by atomic mass is 79.9. The summed E-state index contributed by atoms with van der Waals surface area (Å²) in [6.07, 6.45) is 10.5. The van der Waals surface area contributed by atoms with Crippen molar-refractivity contribution in [3.05, 3.63) is 0 Å². The van der Waals surface area contributed by atoms with Crippen LogP contribution < -0.4 is 0 Å². The van der Waals surface area contributed by atoms with E-state index in [1.165, 1.54) is 25.7 Å². The largest absolute Gasteiger partial charge is 0.462 e. The molecule has 3 saturated carbocycles. The van der Waals surface area contributed by atoms with Crippen LogP contribution in [0.1, 0.15) is 64.2 Å². The summed E-state index contributed by atoms with van der Waals surface area (Å²) in [7, 11) is 0. The van der Waals surface area contributed by atoms with E-state index in [1.54, 1.807) is 0 Å². The fourth-order valence-electron chi connectivity index (χ4n) is 4.64. The quantitative estimate of drug-likeness (QED) is 0.616. The number of halogens is 1. The molecule has 21 heavy (non-hydrogen) atoms. The van der Waals surface area contributed by atoms with Gasteiger partial charge in [-0.25, -0.2) is 0 Å². The van der Waals surface area contributed by atoms with Crippen molar-refractivity contribution in [1.82, 2.24) is 0 Å². The zero-order valence-electron chi connectivity index (χ0n) is 12.7. The number of carbonyl (C=O) groups is 1. The predicted octanol–water partition coefficient (Wildman–Crippen LogP) is 3.81. The number of hydrogen-bond acceptors (Lipinski definition) is 3. The molecule has 0 spiro atoms. The second kappa shape index (κ2) is 6.57. The van der Waals surface area contributed by atoms with E-state index in [0.29, 0.717) is 16.7 Å². The van der Waals surface area contributed by atoms with Gasteiger partial charge in [-0.15, -0.1) is 0 Å². The molecule has 3 nitrogen and oxygen atoms in total. The van der Waals surface area contributed by atoms with E-state index in [0.717, 1.165) is 38.5 Å². The number of alkyl halides is 1. The van der Waals surface area contributed by atoms with Gasteiger partial charge in [0.05, 0.1) is 11.5 Å². The first kappa shape index (κ1) is 15.8. The van der Waals surface area contributed by atoms with Crippen LogP contribution in [-0.2, 0) is 9.53 Å².